The molecular formula is C27H32N4O4S. The summed E-state index contributed by atoms with van der Waals surface area (Å²) in [7, 11) is 0. The number of primary amides is 1. The minimum Gasteiger partial charge on any atom is -0.486 e. The van der Waals surface area contributed by atoms with Gasteiger partial charge in [0, 0.05) is 18.2 Å². The number of benzene rings is 1. The standard InChI is InChI=1S/C27H32N4O4S/c1-13-22(36-14(2)29-13)25(33)30-18-7-8-27(34)19-11-16-5-6-17(24(28)32)21-20(16)26(27,23(18)35-21)9-10-31(19)12-15-3-4-15/h5-6,15,18-19,23,34H,3-4,7-12H2,1-2H3,(H2,28,32)(H,30,33)/t18-,19-,23+,26+,27-/m1/s1. The number of ether oxygens (including phenoxy) is 1. The van der Waals surface area contributed by atoms with Gasteiger partial charge in [-0.25, -0.2) is 4.98 Å². The van der Waals surface area contributed by atoms with Crippen LogP contribution in [0.1, 0.15) is 74.0 Å². The van der Waals surface area contributed by atoms with Crippen molar-refractivity contribution in [1.29, 1.82) is 0 Å². The van der Waals surface area contributed by atoms with Crippen LogP contribution in [-0.4, -0.2) is 63.7 Å². The highest BCUT2D eigenvalue weighted by Crippen LogP contribution is 2.64. The summed E-state index contributed by atoms with van der Waals surface area (Å²) in [5, 5.41) is 16.7. The Morgan fingerprint density at radius 3 is 2.78 bits per heavy atom. The number of aliphatic hydroxyl groups is 1. The second kappa shape index (κ2) is 7.52. The number of piperidine rings is 1. The van der Waals surface area contributed by atoms with Gasteiger partial charge in [0.25, 0.3) is 11.8 Å². The van der Waals surface area contributed by atoms with Crippen LogP contribution >= 0.6 is 11.3 Å². The van der Waals surface area contributed by atoms with E-state index in [-0.39, 0.29) is 18.0 Å². The van der Waals surface area contributed by atoms with Gasteiger partial charge < -0.3 is 20.9 Å². The first kappa shape index (κ1) is 22.7. The number of thiazole rings is 1. The number of amides is 2. The van der Waals surface area contributed by atoms with Crippen molar-refractivity contribution in [1.82, 2.24) is 15.2 Å². The molecule has 2 aliphatic heterocycles. The highest BCUT2D eigenvalue weighted by molar-refractivity contribution is 7.13. The number of aryl methyl sites for hydroxylation is 2. The smallest absolute Gasteiger partial charge is 0.263 e. The fourth-order valence-corrected chi connectivity index (χ4v) is 8.64. The number of carbonyl (C=O) groups excluding carboxylic acids is 2. The molecule has 1 aromatic heterocycles. The first-order valence-electron chi connectivity index (χ1n) is 13.1. The zero-order chi connectivity index (χ0) is 25.0. The van der Waals surface area contributed by atoms with E-state index in [0.29, 0.717) is 29.0 Å². The minimum absolute atomic E-state index is 0.00105. The van der Waals surface area contributed by atoms with Crippen LogP contribution < -0.4 is 15.8 Å². The number of likely N-dealkylation sites (tertiary alicyclic amines) is 1. The van der Waals surface area contributed by atoms with Gasteiger partial charge in [-0.1, -0.05) is 6.07 Å². The second-order valence-corrected chi connectivity index (χ2v) is 12.7. The molecule has 5 atom stereocenters. The van der Waals surface area contributed by atoms with Gasteiger partial charge in [-0.15, -0.1) is 11.3 Å². The molecule has 3 heterocycles. The molecule has 2 amide bonds. The molecule has 1 spiro atoms. The van der Waals surface area contributed by atoms with E-state index in [2.05, 4.69) is 15.2 Å². The normalized spacial score (nSPS) is 34.1. The lowest BCUT2D eigenvalue weighted by atomic mass is 9.48. The van der Waals surface area contributed by atoms with E-state index in [4.69, 9.17) is 10.5 Å². The van der Waals surface area contributed by atoms with Gasteiger partial charge in [-0.2, -0.15) is 0 Å². The highest BCUT2D eigenvalue weighted by Gasteiger charge is 2.73. The minimum atomic E-state index is -0.989. The summed E-state index contributed by atoms with van der Waals surface area (Å²) in [4.78, 5) is 33.3. The summed E-state index contributed by atoms with van der Waals surface area (Å²) < 4.78 is 6.64. The van der Waals surface area contributed by atoms with Crippen LogP contribution in [-0.2, 0) is 11.8 Å². The van der Waals surface area contributed by atoms with E-state index < -0.39 is 23.0 Å². The van der Waals surface area contributed by atoms with Gasteiger partial charge in [0.1, 0.15) is 16.7 Å². The van der Waals surface area contributed by atoms with E-state index in [0.717, 1.165) is 53.7 Å². The Labute approximate surface area is 214 Å². The molecule has 3 aliphatic carbocycles. The monoisotopic (exact) mass is 508 g/mol. The van der Waals surface area contributed by atoms with E-state index in [1.807, 2.05) is 19.9 Å². The summed E-state index contributed by atoms with van der Waals surface area (Å²) in [5.74, 6) is 0.562. The predicted molar refractivity (Wildman–Crippen MR) is 134 cm³/mol. The molecule has 5 aliphatic rings. The van der Waals surface area contributed by atoms with Crippen molar-refractivity contribution in [3.63, 3.8) is 0 Å². The molecule has 0 radical (unpaired) electrons. The number of carbonyl (C=O) groups is 2. The number of nitrogens with two attached hydrogens (primary N) is 1. The molecule has 190 valence electrons. The molecule has 2 aromatic rings. The maximum absolute atomic E-state index is 13.3. The van der Waals surface area contributed by atoms with E-state index in [1.54, 1.807) is 6.07 Å². The Morgan fingerprint density at radius 2 is 2.08 bits per heavy atom. The van der Waals surface area contributed by atoms with Gasteiger partial charge in [-0.3, -0.25) is 14.5 Å². The number of nitrogens with zero attached hydrogens (tertiary/aromatic N) is 2. The number of aromatic nitrogens is 1. The SMILES string of the molecule is Cc1nc(C)c(C(=O)N[C@@H]2CC[C@@]3(O)[C@H]4Cc5ccc(C(N)=O)c6c5[C@@]3(CCN4CC3CC3)[C@H]2O6)s1. The van der Waals surface area contributed by atoms with Crippen LogP contribution in [0.4, 0.5) is 0 Å². The quantitative estimate of drug-likeness (QED) is 0.570. The van der Waals surface area contributed by atoms with Crippen molar-refractivity contribution in [2.75, 3.05) is 13.1 Å². The Balaban J connectivity index is 1.33. The highest BCUT2D eigenvalue weighted by atomic mass is 32.1. The number of hydrogen-bond donors (Lipinski definition) is 3. The lowest BCUT2D eigenvalue weighted by molar-refractivity contribution is -0.191. The summed E-state index contributed by atoms with van der Waals surface area (Å²) in [6.45, 7) is 5.65. The Kier molecular flexibility index (Phi) is 4.74. The van der Waals surface area contributed by atoms with Gasteiger partial charge in [0.05, 0.1) is 33.3 Å². The Morgan fingerprint density at radius 1 is 1.28 bits per heavy atom. The van der Waals surface area contributed by atoms with Crippen molar-refractivity contribution >= 4 is 23.2 Å². The molecule has 3 fully saturated rings. The molecule has 7 rings (SSSR count). The van der Waals surface area contributed by atoms with Crippen molar-refractivity contribution in [3.8, 4) is 5.75 Å². The van der Waals surface area contributed by atoms with Crippen LogP contribution in [0.3, 0.4) is 0 Å². The van der Waals surface area contributed by atoms with Crippen LogP contribution in [0.15, 0.2) is 12.1 Å². The Hall–Kier alpha value is -2.49. The zero-order valence-electron chi connectivity index (χ0n) is 20.7. The zero-order valence-corrected chi connectivity index (χ0v) is 21.5. The third-order valence-corrected chi connectivity index (χ3v) is 10.5. The van der Waals surface area contributed by atoms with Crippen molar-refractivity contribution in [2.45, 2.75) is 81.6 Å². The van der Waals surface area contributed by atoms with Gasteiger partial charge in [-0.05, 0) is 76.5 Å². The summed E-state index contributed by atoms with van der Waals surface area (Å²) >= 11 is 1.39. The molecule has 8 nitrogen and oxygen atoms in total. The van der Waals surface area contributed by atoms with Crippen LogP contribution in [0.2, 0.25) is 0 Å². The molecule has 0 unspecified atom stereocenters. The van der Waals surface area contributed by atoms with Crippen molar-refractivity contribution < 1.29 is 19.4 Å². The third kappa shape index (κ3) is 2.90. The number of rotatable bonds is 5. The molecule has 1 saturated heterocycles. The molecule has 36 heavy (non-hydrogen) atoms. The summed E-state index contributed by atoms with van der Waals surface area (Å²) in [6.07, 6.45) is 4.72. The predicted octanol–water partition coefficient (Wildman–Crippen LogP) is 2.22. The van der Waals surface area contributed by atoms with Gasteiger partial charge in [0.15, 0.2) is 0 Å². The van der Waals surface area contributed by atoms with Crippen molar-refractivity contribution in [2.24, 2.45) is 11.7 Å². The molecule has 2 bridgehead atoms. The maximum atomic E-state index is 13.3. The lowest BCUT2D eigenvalue weighted by Gasteiger charge is -2.64. The van der Waals surface area contributed by atoms with Gasteiger partial charge >= 0.3 is 0 Å². The lowest BCUT2D eigenvalue weighted by Crippen LogP contribution is -2.78. The van der Waals surface area contributed by atoms with Crippen molar-refractivity contribution in [3.05, 3.63) is 44.4 Å². The molecular weight excluding hydrogens is 476 g/mol. The Bertz CT molecular complexity index is 1300. The first-order valence-corrected chi connectivity index (χ1v) is 13.9. The fraction of sp³-hybridized carbons (Fsp3) is 0.593. The fourth-order valence-electron chi connectivity index (χ4n) is 7.81. The maximum Gasteiger partial charge on any atom is 0.263 e. The average molecular weight is 509 g/mol. The van der Waals surface area contributed by atoms with E-state index >= 15 is 0 Å². The topological polar surface area (TPSA) is 118 Å². The average Bonchev–Trinajstić information content (AvgIpc) is 3.47. The molecule has 9 heteroatoms. The first-order chi connectivity index (χ1) is 17.2. The van der Waals surface area contributed by atoms with Crippen LogP contribution in [0.5, 0.6) is 5.75 Å². The van der Waals surface area contributed by atoms with E-state index in [9.17, 15) is 14.7 Å². The largest absolute Gasteiger partial charge is 0.486 e. The van der Waals surface area contributed by atoms with E-state index in [1.165, 1.54) is 24.2 Å². The number of nitrogens with one attached hydrogen (secondary N) is 1. The van der Waals surface area contributed by atoms with Crippen LogP contribution in [0, 0.1) is 19.8 Å². The summed E-state index contributed by atoms with van der Waals surface area (Å²) in [6, 6.07) is 3.48. The third-order valence-electron chi connectivity index (χ3n) is 9.48. The summed E-state index contributed by atoms with van der Waals surface area (Å²) in [5.41, 5.74) is 7.27. The number of hydrogen-bond acceptors (Lipinski definition) is 7. The molecule has 4 N–H and O–H groups in total. The van der Waals surface area contributed by atoms with Crippen LogP contribution in [0.25, 0.3) is 0 Å². The molecule has 1 aromatic carbocycles. The molecule has 2 saturated carbocycles. The van der Waals surface area contributed by atoms with Gasteiger partial charge in [0.2, 0.25) is 0 Å². The second-order valence-electron chi connectivity index (χ2n) is 11.4.